The van der Waals surface area contributed by atoms with Crippen LogP contribution in [0.2, 0.25) is 0 Å². The Morgan fingerprint density at radius 2 is 2.42 bits per heavy atom. The molecule has 5 nitrogen and oxygen atoms in total. The summed E-state index contributed by atoms with van der Waals surface area (Å²) in [6.07, 6.45) is 1.16. The maximum atomic E-state index is 3.94. The van der Waals surface area contributed by atoms with Gasteiger partial charge in [-0.25, -0.2) is 4.68 Å². The molecule has 1 aromatic heterocycles. The highest BCUT2D eigenvalue weighted by atomic mass is 79.9. The summed E-state index contributed by atoms with van der Waals surface area (Å²) in [6.45, 7) is 2.03. The molecule has 0 bridgehead atoms. The van der Waals surface area contributed by atoms with Crippen molar-refractivity contribution >= 4 is 21.9 Å². The van der Waals surface area contributed by atoms with Crippen LogP contribution in [0.5, 0.6) is 0 Å². The van der Waals surface area contributed by atoms with Crippen LogP contribution in [0.4, 0.5) is 5.95 Å². The second-order valence-corrected chi connectivity index (χ2v) is 4.23. The molecule has 0 spiro atoms. The molecule has 0 N–H and O–H groups in total. The van der Waals surface area contributed by atoms with Gasteiger partial charge in [-0.2, -0.15) is 0 Å². The molecule has 0 aliphatic carbocycles. The van der Waals surface area contributed by atoms with Crippen molar-refractivity contribution in [1.82, 2.24) is 20.2 Å². The molecule has 12 heavy (non-hydrogen) atoms. The lowest BCUT2D eigenvalue weighted by Crippen LogP contribution is -2.23. The van der Waals surface area contributed by atoms with Gasteiger partial charge in [-0.3, -0.25) is 0 Å². The molecule has 66 valence electrons. The molecule has 2 heterocycles. The molecule has 6 heteroatoms. The number of hydrogen-bond acceptors (Lipinski definition) is 4. The predicted molar refractivity (Wildman–Crippen MR) is 48.3 cm³/mol. The Morgan fingerprint density at radius 3 is 2.92 bits per heavy atom. The normalized spacial score (nSPS) is 23.5. The molecule has 1 aliphatic rings. The third kappa shape index (κ3) is 1.31. The fraction of sp³-hybridized carbons (Fsp3) is 0.833. The first-order chi connectivity index (χ1) is 5.77. The minimum absolute atomic E-state index is 0.578. The van der Waals surface area contributed by atoms with Crippen LogP contribution in [0.3, 0.4) is 0 Å². The van der Waals surface area contributed by atoms with Crippen molar-refractivity contribution in [1.29, 1.82) is 0 Å². The van der Waals surface area contributed by atoms with E-state index in [1.807, 2.05) is 7.05 Å². The quantitative estimate of drug-likeness (QED) is 0.648. The summed E-state index contributed by atoms with van der Waals surface area (Å²) in [5, 5.41) is 11.3. The monoisotopic (exact) mass is 231 g/mol. The highest BCUT2D eigenvalue weighted by molar-refractivity contribution is 9.09. The van der Waals surface area contributed by atoms with E-state index >= 15 is 0 Å². The van der Waals surface area contributed by atoms with Gasteiger partial charge < -0.3 is 4.90 Å². The van der Waals surface area contributed by atoms with E-state index in [0.717, 1.165) is 25.5 Å². The van der Waals surface area contributed by atoms with Crippen LogP contribution in [0.25, 0.3) is 0 Å². The fourth-order valence-corrected chi connectivity index (χ4v) is 1.95. The third-order valence-electron chi connectivity index (χ3n) is 2.01. The van der Waals surface area contributed by atoms with E-state index in [2.05, 4.69) is 36.4 Å². The Bertz CT molecular complexity index is 273. The van der Waals surface area contributed by atoms with E-state index in [9.17, 15) is 0 Å². The smallest absolute Gasteiger partial charge is 0.245 e. The van der Waals surface area contributed by atoms with Crippen LogP contribution in [-0.4, -0.2) is 38.1 Å². The van der Waals surface area contributed by atoms with Crippen molar-refractivity contribution in [2.75, 3.05) is 18.0 Å². The maximum absolute atomic E-state index is 3.94. The average molecular weight is 232 g/mol. The van der Waals surface area contributed by atoms with Crippen LogP contribution in [-0.2, 0) is 7.05 Å². The lowest BCUT2D eigenvalue weighted by Gasteiger charge is -2.13. The molecule has 0 aromatic carbocycles. The minimum atomic E-state index is 0.578. The first-order valence-electron chi connectivity index (χ1n) is 3.89. The number of nitrogens with zero attached hydrogens (tertiary/aromatic N) is 5. The number of aromatic nitrogens is 4. The molecule has 2 rings (SSSR count). The van der Waals surface area contributed by atoms with Gasteiger partial charge in [-0.15, -0.1) is 0 Å². The summed E-state index contributed by atoms with van der Waals surface area (Å²) in [5.74, 6) is 0.858. The van der Waals surface area contributed by atoms with Gasteiger partial charge in [0.15, 0.2) is 0 Å². The lowest BCUT2D eigenvalue weighted by molar-refractivity contribution is 0.699. The highest BCUT2D eigenvalue weighted by Gasteiger charge is 2.23. The largest absolute Gasteiger partial charge is 0.339 e. The first-order valence-corrected chi connectivity index (χ1v) is 4.80. The minimum Gasteiger partial charge on any atom is -0.339 e. The number of tetrazole rings is 1. The Hall–Kier alpha value is -0.650. The standard InChI is InChI=1S/C6H10BrN5/c1-11-6(8-9-10-11)12-3-2-5(7)4-12/h5H,2-4H2,1H3. The molecule has 0 saturated carbocycles. The molecule has 1 fully saturated rings. The fourth-order valence-electron chi connectivity index (χ4n) is 1.39. The average Bonchev–Trinajstić information content (AvgIpc) is 2.58. The van der Waals surface area contributed by atoms with E-state index in [1.54, 1.807) is 4.68 Å². The summed E-state index contributed by atoms with van der Waals surface area (Å²) in [7, 11) is 1.86. The van der Waals surface area contributed by atoms with E-state index in [0.29, 0.717) is 4.83 Å². The Morgan fingerprint density at radius 1 is 1.58 bits per heavy atom. The Balaban J connectivity index is 2.16. The van der Waals surface area contributed by atoms with E-state index in [4.69, 9.17) is 0 Å². The summed E-state index contributed by atoms with van der Waals surface area (Å²) in [5.41, 5.74) is 0. The van der Waals surface area contributed by atoms with Gasteiger partial charge in [-0.1, -0.05) is 21.0 Å². The molecular weight excluding hydrogens is 222 g/mol. The van der Waals surface area contributed by atoms with Crippen molar-refractivity contribution in [2.24, 2.45) is 7.05 Å². The van der Waals surface area contributed by atoms with Gasteiger partial charge in [0.1, 0.15) is 0 Å². The van der Waals surface area contributed by atoms with Crippen LogP contribution >= 0.6 is 15.9 Å². The number of halogens is 1. The molecule has 1 saturated heterocycles. The number of aryl methyl sites for hydroxylation is 1. The predicted octanol–water partition coefficient (Wildman–Crippen LogP) is 0.184. The van der Waals surface area contributed by atoms with Gasteiger partial charge in [0, 0.05) is 25.0 Å². The van der Waals surface area contributed by atoms with Crippen molar-refractivity contribution in [3.63, 3.8) is 0 Å². The van der Waals surface area contributed by atoms with Gasteiger partial charge >= 0.3 is 0 Å². The SMILES string of the molecule is Cn1nnnc1N1CCC(Br)C1. The molecule has 1 aliphatic heterocycles. The Kier molecular flexibility index (Phi) is 2.00. The van der Waals surface area contributed by atoms with E-state index < -0.39 is 0 Å². The molecule has 1 aromatic rings. The lowest BCUT2D eigenvalue weighted by atomic mass is 10.4. The zero-order valence-corrected chi connectivity index (χ0v) is 8.40. The van der Waals surface area contributed by atoms with Crippen LogP contribution in [0.15, 0.2) is 0 Å². The molecule has 1 atom stereocenters. The summed E-state index contributed by atoms with van der Waals surface area (Å²) < 4.78 is 1.70. The number of alkyl halides is 1. The zero-order valence-electron chi connectivity index (χ0n) is 6.81. The first kappa shape index (κ1) is 7.97. The molecule has 1 unspecified atom stereocenters. The summed E-state index contributed by atoms with van der Waals surface area (Å²) in [6, 6.07) is 0. The van der Waals surface area contributed by atoms with E-state index in [-0.39, 0.29) is 0 Å². The third-order valence-corrected chi connectivity index (χ3v) is 2.76. The van der Waals surface area contributed by atoms with Gasteiger partial charge in [0.05, 0.1) is 0 Å². The number of rotatable bonds is 1. The van der Waals surface area contributed by atoms with Crippen LogP contribution in [0, 0.1) is 0 Å². The Labute approximate surface area is 78.9 Å². The van der Waals surface area contributed by atoms with Crippen molar-refractivity contribution < 1.29 is 0 Å². The topological polar surface area (TPSA) is 46.8 Å². The van der Waals surface area contributed by atoms with Gasteiger partial charge in [0.25, 0.3) is 0 Å². The van der Waals surface area contributed by atoms with Crippen molar-refractivity contribution in [2.45, 2.75) is 11.2 Å². The zero-order chi connectivity index (χ0) is 8.55. The number of hydrogen-bond donors (Lipinski definition) is 0. The molecule has 0 radical (unpaired) electrons. The van der Waals surface area contributed by atoms with Crippen LogP contribution in [0.1, 0.15) is 6.42 Å². The molecule has 0 amide bonds. The second-order valence-electron chi connectivity index (χ2n) is 2.93. The summed E-state index contributed by atoms with van der Waals surface area (Å²) in [4.78, 5) is 2.76. The maximum Gasteiger partial charge on any atom is 0.245 e. The summed E-state index contributed by atoms with van der Waals surface area (Å²) >= 11 is 3.57. The second kappa shape index (κ2) is 3.01. The van der Waals surface area contributed by atoms with Crippen LogP contribution < -0.4 is 4.90 Å². The molecular formula is C6H10BrN5. The number of anilines is 1. The van der Waals surface area contributed by atoms with Crippen molar-refractivity contribution in [3.05, 3.63) is 0 Å². The van der Waals surface area contributed by atoms with Crippen molar-refractivity contribution in [3.8, 4) is 0 Å². The highest BCUT2D eigenvalue weighted by Crippen LogP contribution is 2.20. The van der Waals surface area contributed by atoms with Gasteiger partial charge in [0.2, 0.25) is 5.95 Å². The van der Waals surface area contributed by atoms with E-state index in [1.165, 1.54) is 0 Å². The van der Waals surface area contributed by atoms with Gasteiger partial charge in [-0.05, 0) is 16.8 Å².